The number of carbonyl (C=O) groups is 1. The molecule has 0 bridgehead atoms. The second kappa shape index (κ2) is 3.89. The minimum Gasteiger partial charge on any atom is -0.329 e. The Bertz CT molecular complexity index is 374. The van der Waals surface area contributed by atoms with Gasteiger partial charge in [-0.2, -0.15) is 0 Å². The number of carbonyl (C=O) groups excluding carboxylic acids is 1. The van der Waals surface area contributed by atoms with E-state index < -0.39 is 0 Å². The Morgan fingerprint density at radius 3 is 2.33 bits per heavy atom. The van der Waals surface area contributed by atoms with Gasteiger partial charge < -0.3 is 4.90 Å². The maximum Gasteiger partial charge on any atom is 0.236 e. The number of amides is 1. The predicted molar refractivity (Wildman–Crippen MR) is 63.7 cm³/mol. The van der Waals surface area contributed by atoms with Crippen LogP contribution in [0.3, 0.4) is 0 Å². The highest BCUT2D eigenvalue weighted by Gasteiger charge is 2.35. The molecule has 1 fully saturated rings. The molecular formula is C12H15NOS. The van der Waals surface area contributed by atoms with E-state index in [0.717, 1.165) is 0 Å². The molecule has 1 aliphatic rings. The van der Waals surface area contributed by atoms with Crippen molar-refractivity contribution in [1.82, 2.24) is 4.90 Å². The van der Waals surface area contributed by atoms with Gasteiger partial charge in [-0.25, -0.2) is 0 Å². The van der Waals surface area contributed by atoms with Crippen LogP contribution in [0.1, 0.15) is 23.4 Å². The molecule has 80 valence electrons. The minimum atomic E-state index is 0.0845. The van der Waals surface area contributed by atoms with Crippen LogP contribution in [-0.4, -0.2) is 23.1 Å². The van der Waals surface area contributed by atoms with Crippen LogP contribution in [0.25, 0.3) is 0 Å². The number of hydrogen-bond acceptors (Lipinski definition) is 2. The van der Waals surface area contributed by atoms with Crippen LogP contribution in [0.4, 0.5) is 0 Å². The fourth-order valence-corrected chi connectivity index (χ4v) is 3.05. The number of hydrogen-bond donors (Lipinski definition) is 0. The molecule has 3 heteroatoms. The Labute approximate surface area is 94.7 Å². The Morgan fingerprint density at radius 1 is 1.27 bits per heavy atom. The Hall–Kier alpha value is -0.960. The van der Waals surface area contributed by atoms with Crippen molar-refractivity contribution >= 4 is 17.7 Å². The van der Waals surface area contributed by atoms with Crippen LogP contribution in [0.2, 0.25) is 0 Å². The van der Waals surface area contributed by atoms with E-state index in [4.69, 9.17) is 0 Å². The van der Waals surface area contributed by atoms with E-state index >= 15 is 0 Å². The summed E-state index contributed by atoms with van der Waals surface area (Å²) in [5.41, 5.74) is 2.47. The third kappa shape index (κ3) is 1.88. The Morgan fingerprint density at radius 2 is 1.87 bits per heavy atom. The van der Waals surface area contributed by atoms with Gasteiger partial charge in [0.15, 0.2) is 0 Å². The monoisotopic (exact) mass is 221 g/mol. The van der Waals surface area contributed by atoms with Gasteiger partial charge in [0.2, 0.25) is 5.91 Å². The summed E-state index contributed by atoms with van der Waals surface area (Å²) in [6.07, 6.45) is 0. The molecule has 2 atom stereocenters. The number of nitrogens with zero attached hydrogens (tertiary/aromatic N) is 1. The van der Waals surface area contributed by atoms with Gasteiger partial charge in [0.05, 0.1) is 5.25 Å². The molecule has 1 saturated heterocycles. The van der Waals surface area contributed by atoms with Crippen LogP contribution in [0, 0.1) is 6.92 Å². The zero-order valence-corrected chi connectivity index (χ0v) is 10.0. The zero-order valence-electron chi connectivity index (χ0n) is 9.23. The molecule has 1 amide bonds. The van der Waals surface area contributed by atoms with Crippen molar-refractivity contribution in [3.63, 3.8) is 0 Å². The van der Waals surface area contributed by atoms with E-state index in [1.54, 1.807) is 11.8 Å². The van der Waals surface area contributed by atoms with Crippen molar-refractivity contribution in [3.8, 4) is 0 Å². The van der Waals surface area contributed by atoms with Crippen molar-refractivity contribution in [2.24, 2.45) is 0 Å². The van der Waals surface area contributed by atoms with Gasteiger partial charge in [-0.1, -0.05) is 29.8 Å². The lowest BCUT2D eigenvalue weighted by Crippen LogP contribution is -2.25. The summed E-state index contributed by atoms with van der Waals surface area (Å²) in [7, 11) is 1.88. The normalized spacial score (nSPS) is 26.1. The minimum absolute atomic E-state index is 0.0845. The standard InChI is InChI=1S/C12H15NOS/c1-8-4-6-10(7-5-8)12-13(3)11(14)9(2)15-12/h4-7,9,12H,1-3H3/t9-,12-/m0/s1. The van der Waals surface area contributed by atoms with Crippen LogP contribution in [0.5, 0.6) is 0 Å². The smallest absolute Gasteiger partial charge is 0.236 e. The first-order chi connectivity index (χ1) is 7.09. The van der Waals surface area contributed by atoms with E-state index in [1.165, 1.54) is 11.1 Å². The van der Waals surface area contributed by atoms with Gasteiger partial charge in [0, 0.05) is 7.05 Å². The molecule has 2 nitrogen and oxygen atoms in total. The second-order valence-corrected chi connectivity index (χ2v) is 5.42. The molecular weight excluding hydrogens is 206 g/mol. The maximum atomic E-state index is 11.7. The van der Waals surface area contributed by atoms with Crippen molar-refractivity contribution in [2.75, 3.05) is 7.05 Å². The summed E-state index contributed by atoms with van der Waals surface area (Å²) in [5, 5.41) is 0.273. The second-order valence-electron chi connectivity index (χ2n) is 3.99. The average molecular weight is 221 g/mol. The van der Waals surface area contributed by atoms with Gasteiger partial charge >= 0.3 is 0 Å². The first-order valence-electron chi connectivity index (χ1n) is 5.08. The molecule has 1 aromatic carbocycles. The molecule has 0 aromatic heterocycles. The number of rotatable bonds is 1. The molecule has 2 rings (SSSR count). The summed E-state index contributed by atoms with van der Waals surface area (Å²) in [6.45, 7) is 4.04. The lowest BCUT2D eigenvalue weighted by atomic mass is 10.1. The molecule has 1 aromatic rings. The third-order valence-electron chi connectivity index (χ3n) is 2.74. The number of benzene rings is 1. The van der Waals surface area contributed by atoms with Crippen LogP contribution in [0.15, 0.2) is 24.3 Å². The van der Waals surface area contributed by atoms with Crippen molar-refractivity contribution in [2.45, 2.75) is 24.5 Å². The molecule has 0 spiro atoms. The van der Waals surface area contributed by atoms with Crippen molar-refractivity contribution in [1.29, 1.82) is 0 Å². The first-order valence-corrected chi connectivity index (χ1v) is 6.02. The third-order valence-corrected chi connectivity index (χ3v) is 4.20. The van der Waals surface area contributed by atoms with Gasteiger partial charge in [-0.05, 0) is 19.4 Å². The molecule has 1 aliphatic heterocycles. The van der Waals surface area contributed by atoms with Gasteiger partial charge in [0.1, 0.15) is 5.37 Å². The Kier molecular flexibility index (Phi) is 2.74. The lowest BCUT2D eigenvalue weighted by Gasteiger charge is -2.18. The topological polar surface area (TPSA) is 20.3 Å². The summed E-state index contributed by atoms with van der Waals surface area (Å²) < 4.78 is 0. The van der Waals surface area contributed by atoms with E-state index in [-0.39, 0.29) is 16.5 Å². The van der Waals surface area contributed by atoms with Crippen molar-refractivity contribution in [3.05, 3.63) is 35.4 Å². The molecule has 0 radical (unpaired) electrons. The van der Waals surface area contributed by atoms with Crippen LogP contribution >= 0.6 is 11.8 Å². The highest BCUT2D eigenvalue weighted by molar-refractivity contribution is 8.01. The SMILES string of the molecule is Cc1ccc([C@@H]2S[C@@H](C)C(=O)N2C)cc1. The highest BCUT2D eigenvalue weighted by Crippen LogP contribution is 2.41. The molecule has 0 N–H and O–H groups in total. The fourth-order valence-electron chi connectivity index (χ4n) is 1.78. The summed E-state index contributed by atoms with van der Waals surface area (Å²) in [6, 6.07) is 8.40. The fraction of sp³-hybridized carbons (Fsp3) is 0.417. The molecule has 1 heterocycles. The van der Waals surface area contributed by atoms with Gasteiger partial charge in [0.25, 0.3) is 0 Å². The molecule has 0 aliphatic carbocycles. The van der Waals surface area contributed by atoms with E-state index in [2.05, 4.69) is 31.2 Å². The number of aryl methyl sites for hydroxylation is 1. The quantitative estimate of drug-likeness (QED) is 0.726. The summed E-state index contributed by atoms with van der Waals surface area (Å²) in [5.74, 6) is 0.227. The lowest BCUT2D eigenvalue weighted by molar-refractivity contribution is -0.128. The highest BCUT2D eigenvalue weighted by atomic mass is 32.2. The number of thioether (sulfide) groups is 1. The predicted octanol–water partition coefficient (Wildman–Crippen LogP) is 2.59. The maximum absolute atomic E-state index is 11.7. The van der Waals surface area contributed by atoms with Gasteiger partial charge in [-0.3, -0.25) is 4.79 Å². The average Bonchev–Trinajstić information content (AvgIpc) is 2.47. The van der Waals surface area contributed by atoms with E-state index in [9.17, 15) is 4.79 Å². The molecule has 0 saturated carbocycles. The molecule has 0 unspecified atom stereocenters. The van der Waals surface area contributed by atoms with Crippen LogP contribution in [-0.2, 0) is 4.79 Å². The first kappa shape index (κ1) is 10.6. The van der Waals surface area contributed by atoms with E-state index in [0.29, 0.717) is 0 Å². The largest absolute Gasteiger partial charge is 0.329 e. The summed E-state index contributed by atoms with van der Waals surface area (Å²) >= 11 is 1.72. The zero-order chi connectivity index (χ0) is 11.0. The van der Waals surface area contributed by atoms with Crippen LogP contribution < -0.4 is 0 Å². The molecule has 15 heavy (non-hydrogen) atoms. The van der Waals surface area contributed by atoms with E-state index in [1.807, 2.05) is 18.9 Å². The van der Waals surface area contributed by atoms with Gasteiger partial charge in [-0.15, -0.1) is 11.8 Å². The summed E-state index contributed by atoms with van der Waals surface area (Å²) in [4.78, 5) is 13.5. The Balaban J connectivity index is 2.25. The van der Waals surface area contributed by atoms with Crippen molar-refractivity contribution < 1.29 is 4.79 Å².